The van der Waals surface area contributed by atoms with Crippen LogP contribution in [0.4, 0.5) is 0 Å². The molecule has 3 aliphatic rings. The normalized spacial score (nSPS) is 25.2. The van der Waals surface area contributed by atoms with E-state index in [-0.39, 0.29) is 5.92 Å². The number of carbonyl (C=O) groups is 1. The van der Waals surface area contributed by atoms with Crippen molar-refractivity contribution in [2.75, 3.05) is 26.2 Å². The topological polar surface area (TPSA) is 48.7 Å². The van der Waals surface area contributed by atoms with Crippen molar-refractivity contribution in [2.24, 2.45) is 5.92 Å². The second kappa shape index (κ2) is 7.88. The minimum Gasteiger partial charge on any atom is -0.464 e. The van der Waals surface area contributed by atoms with E-state index < -0.39 is 0 Å². The van der Waals surface area contributed by atoms with E-state index in [9.17, 15) is 4.79 Å². The smallest absolute Gasteiger partial charge is 0.224 e. The molecular weight excluding hydrogens is 350 g/mol. The highest BCUT2D eigenvalue weighted by atomic mass is 16.3. The molecule has 2 saturated heterocycles. The van der Waals surface area contributed by atoms with E-state index in [1.165, 1.54) is 36.6 Å². The Balaban J connectivity index is 1.12. The van der Waals surface area contributed by atoms with Crippen LogP contribution in [0.15, 0.2) is 34.9 Å². The third-order valence-corrected chi connectivity index (χ3v) is 6.74. The van der Waals surface area contributed by atoms with Gasteiger partial charge in [-0.15, -0.1) is 0 Å². The van der Waals surface area contributed by atoms with Crippen molar-refractivity contribution >= 4 is 16.9 Å². The van der Waals surface area contributed by atoms with E-state index >= 15 is 0 Å². The third kappa shape index (κ3) is 4.11. The molecule has 1 aromatic carbocycles. The van der Waals surface area contributed by atoms with Crippen LogP contribution in [0.5, 0.6) is 0 Å². The zero-order valence-electron chi connectivity index (χ0n) is 16.6. The summed E-state index contributed by atoms with van der Waals surface area (Å²) in [4.78, 5) is 17.6. The van der Waals surface area contributed by atoms with E-state index in [0.717, 1.165) is 51.1 Å². The Morgan fingerprint density at radius 3 is 2.75 bits per heavy atom. The maximum atomic E-state index is 12.5. The monoisotopic (exact) mass is 381 g/mol. The highest BCUT2D eigenvalue weighted by molar-refractivity contribution is 5.79. The molecule has 5 heteroatoms. The van der Waals surface area contributed by atoms with Crippen molar-refractivity contribution in [2.45, 2.75) is 57.2 Å². The minimum atomic E-state index is 0.203. The molecule has 0 bridgehead atoms. The second-order valence-electron chi connectivity index (χ2n) is 8.92. The zero-order chi connectivity index (χ0) is 18.9. The molecule has 1 N–H and O–H groups in total. The van der Waals surface area contributed by atoms with Gasteiger partial charge in [-0.25, -0.2) is 0 Å². The number of piperidine rings is 2. The summed E-state index contributed by atoms with van der Waals surface area (Å²) < 4.78 is 5.45. The summed E-state index contributed by atoms with van der Waals surface area (Å²) in [5.41, 5.74) is 2.33. The lowest BCUT2D eigenvalue weighted by Gasteiger charge is -2.42. The van der Waals surface area contributed by atoms with Gasteiger partial charge in [0.25, 0.3) is 0 Å². The summed E-state index contributed by atoms with van der Waals surface area (Å²) in [5.74, 6) is 0.508. The predicted molar refractivity (Wildman–Crippen MR) is 110 cm³/mol. The standard InChI is InChI=1S/C23H31N3O2/c27-23(24-20-4-5-20)19-2-1-10-26(16-19)21-7-11-25(12-8-21)15-17-3-6-22-18(14-17)9-13-28-22/h3,6,9,13-14,19-21H,1-2,4-5,7-8,10-12,15-16H2,(H,24,27)/t19-/m1/s1. The maximum Gasteiger partial charge on any atom is 0.224 e. The zero-order valence-corrected chi connectivity index (χ0v) is 16.6. The summed E-state index contributed by atoms with van der Waals surface area (Å²) in [5, 5.41) is 4.40. The molecule has 28 heavy (non-hydrogen) atoms. The molecule has 3 heterocycles. The van der Waals surface area contributed by atoms with Crippen molar-refractivity contribution in [3.05, 3.63) is 36.1 Å². The number of hydrogen-bond donors (Lipinski definition) is 1. The number of benzene rings is 1. The molecule has 150 valence electrons. The SMILES string of the molecule is O=C(NC1CC1)[C@@H]1CCCN(C2CCN(Cc3ccc4occc4c3)CC2)C1. The molecule has 3 fully saturated rings. The summed E-state index contributed by atoms with van der Waals surface area (Å²) in [7, 11) is 0. The van der Waals surface area contributed by atoms with E-state index in [4.69, 9.17) is 4.42 Å². The summed E-state index contributed by atoms with van der Waals surface area (Å²) in [6.07, 6.45) is 8.76. The van der Waals surface area contributed by atoms with Crippen LogP contribution in [0.25, 0.3) is 11.0 Å². The predicted octanol–water partition coefficient (Wildman–Crippen LogP) is 3.39. The van der Waals surface area contributed by atoms with Gasteiger partial charge in [-0.2, -0.15) is 0 Å². The van der Waals surface area contributed by atoms with Gasteiger partial charge in [0.15, 0.2) is 0 Å². The van der Waals surface area contributed by atoms with Gasteiger partial charge in [-0.05, 0) is 81.9 Å². The number of likely N-dealkylation sites (tertiary alicyclic amines) is 2. The van der Waals surface area contributed by atoms with Gasteiger partial charge in [-0.3, -0.25) is 14.6 Å². The first-order valence-corrected chi connectivity index (χ1v) is 11.0. The van der Waals surface area contributed by atoms with E-state index in [2.05, 4.69) is 33.3 Å². The molecule has 1 amide bonds. The number of amides is 1. The molecule has 1 aliphatic carbocycles. The quantitative estimate of drug-likeness (QED) is 0.863. The lowest BCUT2D eigenvalue weighted by Crippen LogP contribution is -2.50. The molecule has 0 radical (unpaired) electrons. The van der Waals surface area contributed by atoms with Crippen molar-refractivity contribution in [3.8, 4) is 0 Å². The second-order valence-corrected chi connectivity index (χ2v) is 8.92. The third-order valence-electron chi connectivity index (χ3n) is 6.74. The molecular formula is C23H31N3O2. The Morgan fingerprint density at radius 2 is 1.93 bits per heavy atom. The van der Waals surface area contributed by atoms with Crippen LogP contribution in [0.2, 0.25) is 0 Å². The average molecular weight is 382 g/mol. The van der Waals surface area contributed by atoms with Crippen LogP contribution in [0, 0.1) is 5.92 Å². The molecule has 2 aromatic rings. The van der Waals surface area contributed by atoms with Crippen LogP contribution in [0.3, 0.4) is 0 Å². The number of hydrogen-bond acceptors (Lipinski definition) is 4. The van der Waals surface area contributed by atoms with Gasteiger partial charge in [0.05, 0.1) is 12.2 Å². The Kier molecular flexibility index (Phi) is 5.12. The highest BCUT2D eigenvalue weighted by Crippen LogP contribution is 2.26. The van der Waals surface area contributed by atoms with Crippen molar-refractivity contribution in [1.82, 2.24) is 15.1 Å². The van der Waals surface area contributed by atoms with Gasteiger partial charge in [0, 0.05) is 30.6 Å². The Morgan fingerprint density at radius 1 is 1.07 bits per heavy atom. The van der Waals surface area contributed by atoms with Crippen LogP contribution >= 0.6 is 0 Å². The number of furan rings is 1. The van der Waals surface area contributed by atoms with Crippen molar-refractivity contribution in [1.29, 1.82) is 0 Å². The fraction of sp³-hybridized carbons (Fsp3) is 0.609. The molecule has 5 nitrogen and oxygen atoms in total. The van der Waals surface area contributed by atoms with E-state index in [0.29, 0.717) is 18.0 Å². The van der Waals surface area contributed by atoms with Gasteiger partial charge in [0.1, 0.15) is 5.58 Å². The first-order valence-electron chi connectivity index (χ1n) is 11.0. The first kappa shape index (κ1) is 18.2. The van der Waals surface area contributed by atoms with E-state index in [1.54, 1.807) is 6.26 Å². The van der Waals surface area contributed by atoms with Crippen LogP contribution in [0.1, 0.15) is 44.1 Å². The van der Waals surface area contributed by atoms with Crippen LogP contribution in [-0.2, 0) is 11.3 Å². The highest BCUT2D eigenvalue weighted by Gasteiger charge is 2.33. The Hall–Kier alpha value is -1.85. The Bertz CT molecular complexity index is 820. The molecule has 2 aliphatic heterocycles. The minimum absolute atomic E-state index is 0.203. The number of rotatable bonds is 5. The summed E-state index contributed by atoms with van der Waals surface area (Å²) >= 11 is 0. The number of fused-ring (bicyclic) bond motifs is 1. The first-order chi connectivity index (χ1) is 13.7. The van der Waals surface area contributed by atoms with Gasteiger partial charge in [-0.1, -0.05) is 6.07 Å². The van der Waals surface area contributed by atoms with Gasteiger partial charge in [0.2, 0.25) is 5.91 Å². The Labute approximate surface area is 167 Å². The van der Waals surface area contributed by atoms with Crippen molar-refractivity contribution < 1.29 is 9.21 Å². The van der Waals surface area contributed by atoms with Crippen molar-refractivity contribution in [3.63, 3.8) is 0 Å². The average Bonchev–Trinajstić information content (AvgIpc) is 3.42. The molecule has 0 unspecified atom stereocenters. The summed E-state index contributed by atoms with van der Waals surface area (Å²) in [6.45, 7) is 5.42. The van der Waals surface area contributed by atoms with Gasteiger partial charge >= 0.3 is 0 Å². The van der Waals surface area contributed by atoms with Gasteiger partial charge < -0.3 is 9.73 Å². The van der Waals surface area contributed by atoms with E-state index in [1.807, 2.05) is 6.07 Å². The molecule has 0 spiro atoms. The maximum absolute atomic E-state index is 12.5. The lowest BCUT2D eigenvalue weighted by atomic mass is 9.93. The molecule has 5 rings (SSSR count). The molecule has 1 saturated carbocycles. The van der Waals surface area contributed by atoms with Crippen LogP contribution in [-0.4, -0.2) is 54.0 Å². The lowest BCUT2D eigenvalue weighted by molar-refractivity contribution is -0.127. The molecule has 1 aromatic heterocycles. The fourth-order valence-electron chi connectivity index (χ4n) is 4.91. The van der Waals surface area contributed by atoms with Crippen LogP contribution < -0.4 is 5.32 Å². The number of nitrogens with zero attached hydrogens (tertiary/aromatic N) is 2. The largest absolute Gasteiger partial charge is 0.464 e. The number of carbonyl (C=O) groups excluding carboxylic acids is 1. The summed E-state index contributed by atoms with van der Waals surface area (Å²) in [6, 6.07) is 9.68. The fourth-order valence-corrected chi connectivity index (χ4v) is 4.91. The number of nitrogens with one attached hydrogen (secondary N) is 1. The molecule has 1 atom stereocenters.